The molecule has 0 aliphatic heterocycles. The van der Waals surface area contributed by atoms with Crippen molar-refractivity contribution < 1.29 is 13.2 Å². The Morgan fingerprint density at radius 3 is 2.67 bits per heavy atom. The highest BCUT2D eigenvalue weighted by atomic mass is 35.7. The Bertz CT molecular complexity index is 581. The van der Waals surface area contributed by atoms with E-state index < -0.39 is 15.0 Å². The van der Waals surface area contributed by atoms with Gasteiger partial charge in [-0.1, -0.05) is 13.8 Å². The highest BCUT2D eigenvalue weighted by molar-refractivity contribution is 8.13. The molecule has 1 heterocycles. The van der Waals surface area contributed by atoms with Gasteiger partial charge in [0.1, 0.15) is 4.90 Å². The topological polar surface area (TPSA) is 91.9 Å². The van der Waals surface area contributed by atoms with Crippen LogP contribution in [0, 0.1) is 5.92 Å². The lowest BCUT2D eigenvalue weighted by atomic mass is 10.3. The minimum Gasteiger partial charge on any atom is -0.348 e. The molecule has 2 atom stereocenters. The number of aromatic nitrogens is 2. The first-order valence-corrected chi connectivity index (χ1v) is 7.98. The molecule has 6 nitrogen and oxygen atoms in total. The zero-order valence-corrected chi connectivity index (χ0v) is 11.6. The maximum Gasteiger partial charge on any atom is 0.273 e. The third kappa shape index (κ3) is 2.51. The largest absolute Gasteiger partial charge is 0.348 e. The van der Waals surface area contributed by atoms with Gasteiger partial charge in [0, 0.05) is 16.7 Å². The fourth-order valence-corrected chi connectivity index (χ4v) is 3.14. The quantitative estimate of drug-likeness (QED) is 0.811. The highest BCUT2D eigenvalue weighted by Crippen LogP contribution is 2.30. The second-order valence-electron chi connectivity index (χ2n) is 4.46. The predicted molar refractivity (Wildman–Crippen MR) is 66.0 cm³/mol. The van der Waals surface area contributed by atoms with Gasteiger partial charge in [0.15, 0.2) is 5.69 Å². The summed E-state index contributed by atoms with van der Waals surface area (Å²) in [5.74, 6) is -0.0749. The normalized spacial score (nSPS) is 22.8. The number of carbonyl (C=O) groups excluding carboxylic acids is 1. The van der Waals surface area contributed by atoms with Crippen molar-refractivity contribution in [2.75, 3.05) is 0 Å². The zero-order valence-electron chi connectivity index (χ0n) is 10.0. The number of nitrogens with one attached hydrogen (secondary N) is 2. The first kappa shape index (κ1) is 13.4. The molecule has 0 saturated heterocycles. The summed E-state index contributed by atoms with van der Waals surface area (Å²) in [4.78, 5) is 11.7. The van der Waals surface area contributed by atoms with Gasteiger partial charge in [0.25, 0.3) is 15.0 Å². The van der Waals surface area contributed by atoms with Crippen LogP contribution in [0.25, 0.3) is 0 Å². The average Bonchev–Trinajstić information content (AvgIpc) is 2.82. The van der Waals surface area contributed by atoms with E-state index in [2.05, 4.69) is 15.5 Å². The van der Waals surface area contributed by atoms with Crippen molar-refractivity contribution in [3.8, 4) is 0 Å². The fraction of sp³-hybridized carbons (Fsp3) is 0.600. The molecule has 2 N–H and O–H groups in total. The Kier molecular flexibility index (Phi) is 3.37. The first-order chi connectivity index (χ1) is 8.34. The molecule has 18 heavy (non-hydrogen) atoms. The monoisotopic (exact) mass is 291 g/mol. The lowest BCUT2D eigenvalue weighted by Crippen LogP contribution is -2.28. The Morgan fingerprint density at radius 2 is 2.22 bits per heavy atom. The summed E-state index contributed by atoms with van der Waals surface area (Å²) < 4.78 is 23.0. The summed E-state index contributed by atoms with van der Waals surface area (Å²) in [5.41, 5.74) is 0.194. The molecule has 2 rings (SSSR count). The van der Waals surface area contributed by atoms with E-state index >= 15 is 0 Å². The lowest BCUT2D eigenvalue weighted by Gasteiger charge is -2.03. The van der Waals surface area contributed by atoms with Gasteiger partial charge < -0.3 is 5.32 Å². The van der Waals surface area contributed by atoms with Crippen LogP contribution in [-0.2, 0) is 15.5 Å². The molecule has 0 aromatic carbocycles. The number of amides is 1. The van der Waals surface area contributed by atoms with Gasteiger partial charge in [-0.05, 0) is 18.8 Å². The number of hydrogen-bond donors (Lipinski definition) is 2. The molecule has 0 spiro atoms. The smallest absolute Gasteiger partial charge is 0.273 e. The molecule has 1 aromatic heterocycles. The minimum absolute atomic E-state index is 0.102. The summed E-state index contributed by atoms with van der Waals surface area (Å²) in [7, 11) is 1.36. The molecule has 1 aliphatic rings. The Labute approximate surface area is 110 Å². The number of H-pyrrole nitrogens is 1. The summed E-state index contributed by atoms with van der Waals surface area (Å²) >= 11 is 0. The molecule has 8 heteroatoms. The zero-order chi connectivity index (χ0) is 13.5. The van der Waals surface area contributed by atoms with Gasteiger partial charge in [-0.3, -0.25) is 9.89 Å². The van der Waals surface area contributed by atoms with E-state index in [-0.39, 0.29) is 16.6 Å². The molecular weight excluding hydrogens is 278 g/mol. The van der Waals surface area contributed by atoms with Crippen LogP contribution in [0.2, 0.25) is 0 Å². The summed E-state index contributed by atoms with van der Waals surface area (Å²) in [5, 5.41) is 9.03. The minimum atomic E-state index is -3.99. The molecule has 1 aromatic rings. The van der Waals surface area contributed by atoms with Gasteiger partial charge in [-0.15, -0.1) is 0 Å². The Morgan fingerprint density at radius 1 is 1.61 bits per heavy atom. The van der Waals surface area contributed by atoms with Crippen molar-refractivity contribution in [2.45, 2.75) is 37.6 Å². The number of aromatic amines is 1. The molecule has 1 aliphatic carbocycles. The molecule has 100 valence electrons. The van der Waals surface area contributed by atoms with Crippen LogP contribution in [0.15, 0.2) is 4.90 Å². The van der Waals surface area contributed by atoms with E-state index in [9.17, 15) is 13.2 Å². The van der Waals surface area contributed by atoms with Crippen molar-refractivity contribution in [3.63, 3.8) is 0 Å². The van der Waals surface area contributed by atoms with Gasteiger partial charge in [0.05, 0.1) is 5.69 Å². The van der Waals surface area contributed by atoms with E-state index in [1.54, 1.807) is 6.92 Å². The SMILES string of the molecule is CCc1[nH]nc(C(=O)NC2CC2C)c1S(=O)(=O)Cl. The van der Waals surface area contributed by atoms with E-state index in [0.29, 0.717) is 18.0 Å². The van der Waals surface area contributed by atoms with Crippen LogP contribution in [0.3, 0.4) is 0 Å². The third-order valence-electron chi connectivity index (χ3n) is 3.03. The van der Waals surface area contributed by atoms with Crippen LogP contribution in [-0.4, -0.2) is 30.6 Å². The standard InChI is InChI=1S/C10H14ClN3O3S/c1-3-6-9(18(11,16)17)8(14-13-6)10(15)12-7-4-5(7)2/h5,7H,3-4H2,1-2H3,(H,12,15)(H,13,14). The molecule has 1 amide bonds. The molecule has 2 unspecified atom stereocenters. The second-order valence-corrected chi connectivity index (χ2v) is 6.97. The van der Waals surface area contributed by atoms with Crippen molar-refractivity contribution in [3.05, 3.63) is 11.4 Å². The van der Waals surface area contributed by atoms with E-state index in [1.165, 1.54) is 0 Å². The summed E-state index contributed by atoms with van der Waals surface area (Å²) in [6.07, 6.45) is 1.31. The molecular formula is C10H14ClN3O3S. The Balaban J connectivity index is 2.33. The number of nitrogens with zero attached hydrogens (tertiary/aromatic N) is 1. The van der Waals surface area contributed by atoms with Crippen molar-refractivity contribution >= 4 is 25.6 Å². The molecule has 1 saturated carbocycles. The van der Waals surface area contributed by atoms with Crippen LogP contribution in [0.4, 0.5) is 0 Å². The number of hydrogen-bond acceptors (Lipinski definition) is 4. The van der Waals surface area contributed by atoms with Crippen LogP contribution in [0.1, 0.15) is 36.5 Å². The fourth-order valence-electron chi connectivity index (χ4n) is 1.78. The summed E-state index contributed by atoms with van der Waals surface area (Å²) in [6.45, 7) is 3.76. The molecule has 0 bridgehead atoms. The van der Waals surface area contributed by atoms with E-state index in [0.717, 1.165) is 6.42 Å². The first-order valence-electron chi connectivity index (χ1n) is 5.67. The summed E-state index contributed by atoms with van der Waals surface area (Å²) in [6, 6.07) is 0.102. The Hall–Kier alpha value is -1.08. The number of rotatable bonds is 4. The maximum absolute atomic E-state index is 11.9. The highest BCUT2D eigenvalue weighted by Gasteiger charge is 2.36. The number of halogens is 1. The van der Waals surface area contributed by atoms with Crippen LogP contribution in [0.5, 0.6) is 0 Å². The number of carbonyl (C=O) groups is 1. The second kappa shape index (κ2) is 4.55. The van der Waals surface area contributed by atoms with Gasteiger partial charge in [-0.2, -0.15) is 5.10 Å². The van der Waals surface area contributed by atoms with Crippen LogP contribution >= 0.6 is 10.7 Å². The third-order valence-corrected chi connectivity index (χ3v) is 4.42. The van der Waals surface area contributed by atoms with Gasteiger partial charge >= 0.3 is 0 Å². The molecule has 0 radical (unpaired) electrons. The number of aryl methyl sites for hydroxylation is 1. The maximum atomic E-state index is 11.9. The average molecular weight is 292 g/mol. The molecule has 1 fully saturated rings. The van der Waals surface area contributed by atoms with E-state index in [1.807, 2.05) is 6.92 Å². The van der Waals surface area contributed by atoms with Crippen molar-refractivity contribution in [1.82, 2.24) is 15.5 Å². The van der Waals surface area contributed by atoms with Crippen molar-refractivity contribution in [2.24, 2.45) is 5.92 Å². The van der Waals surface area contributed by atoms with Crippen LogP contribution < -0.4 is 5.32 Å². The predicted octanol–water partition coefficient (Wildman–Crippen LogP) is 1.04. The van der Waals surface area contributed by atoms with Crippen molar-refractivity contribution in [1.29, 1.82) is 0 Å². The van der Waals surface area contributed by atoms with E-state index in [4.69, 9.17) is 10.7 Å². The van der Waals surface area contributed by atoms with Gasteiger partial charge in [0.2, 0.25) is 0 Å². The van der Waals surface area contributed by atoms with Gasteiger partial charge in [-0.25, -0.2) is 8.42 Å². The lowest BCUT2D eigenvalue weighted by molar-refractivity contribution is 0.0941.